The maximum atomic E-state index is 6.31. The maximum absolute atomic E-state index is 6.31. The minimum Gasteiger partial charge on any atom is -0.381 e. The van der Waals surface area contributed by atoms with Gasteiger partial charge in [0.2, 0.25) is 0 Å². The van der Waals surface area contributed by atoms with Crippen LogP contribution in [0.2, 0.25) is 5.02 Å². The Kier molecular flexibility index (Phi) is 5.23. The van der Waals surface area contributed by atoms with Crippen molar-refractivity contribution in [2.75, 3.05) is 25.1 Å². The number of ether oxygens (including phenoxy) is 1. The summed E-state index contributed by atoms with van der Waals surface area (Å²) in [4.78, 5) is 0. The molecule has 2 aromatic rings. The molecule has 1 aromatic heterocycles. The maximum Gasteiger partial charge on any atom is 0.133 e. The Bertz CT molecular complexity index is 681. The molecule has 0 saturated heterocycles. The average Bonchev–Trinajstić information content (AvgIpc) is 2.73. The van der Waals surface area contributed by atoms with Crippen LogP contribution in [0.4, 0.5) is 5.82 Å². The van der Waals surface area contributed by atoms with Crippen molar-refractivity contribution in [1.29, 1.82) is 0 Å². The van der Waals surface area contributed by atoms with Crippen LogP contribution in [0.3, 0.4) is 0 Å². The van der Waals surface area contributed by atoms with Crippen LogP contribution in [-0.2, 0) is 17.6 Å². The lowest BCUT2D eigenvalue weighted by Gasteiger charge is -2.12. The molecule has 1 aliphatic rings. The summed E-state index contributed by atoms with van der Waals surface area (Å²) in [7, 11) is 0. The molecule has 3 rings (SSSR count). The highest BCUT2D eigenvalue weighted by molar-refractivity contribution is 6.31. The summed E-state index contributed by atoms with van der Waals surface area (Å²) in [5, 5.41) is 9.23. The van der Waals surface area contributed by atoms with Gasteiger partial charge in [0, 0.05) is 30.2 Å². The Balaban J connectivity index is 2.04. The highest BCUT2D eigenvalue weighted by Gasteiger charge is 2.21. The minimum atomic E-state index is 0.717. The van der Waals surface area contributed by atoms with Crippen LogP contribution >= 0.6 is 11.6 Å². The van der Waals surface area contributed by atoms with E-state index < -0.39 is 0 Å². The zero-order chi connectivity index (χ0) is 16.2. The summed E-state index contributed by atoms with van der Waals surface area (Å²) in [6.07, 6.45) is 4.31. The van der Waals surface area contributed by atoms with Crippen LogP contribution < -0.4 is 5.32 Å². The molecule has 23 heavy (non-hydrogen) atoms. The third-order valence-corrected chi connectivity index (χ3v) is 4.78. The smallest absolute Gasteiger partial charge is 0.133 e. The number of anilines is 1. The van der Waals surface area contributed by atoms with E-state index in [2.05, 4.69) is 11.4 Å². The van der Waals surface area contributed by atoms with Gasteiger partial charge in [-0.25, -0.2) is 4.68 Å². The fourth-order valence-electron chi connectivity index (χ4n) is 3.09. The monoisotopic (exact) mass is 333 g/mol. The summed E-state index contributed by atoms with van der Waals surface area (Å²) in [6.45, 7) is 6.52. The number of rotatable bonds is 5. The standard InChI is InChI=1S/C18H24ClN3O/c1-3-23-12-10-16-14-7-4-5-11-20-18(14)22(21-16)17-9-6-8-15(19)13(17)2/h6,8-9,20H,3-5,7,10-12H2,1-2H3. The van der Waals surface area contributed by atoms with Crippen LogP contribution in [0.1, 0.15) is 36.6 Å². The number of hydrogen-bond donors (Lipinski definition) is 1. The number of nitrogens with zero attached hydrogens (tertiary/aromatic N) is 2. The van der Waals surface area contributed by atoms with E-state index in [0.717, 1.165) is 53.8 Å². The summed E-state index contributed by atoms with van der Waals surface area (Å²) in [5.41, 5.74) is 4.58. The van der Waals surface area contributed by atoms with Crippen molar-refractivity contribution in [2.45, 2.75) is 39.5 Å². The molecule has 0 amide bonds. The van der Waals surface area contributed by atoms with Crippen molar-refractivity contribution in [3.8, 4) is 5.69 Å². The van der Waals surface area contributed by atoms with Crippen molar-refractivity contribution in [3.05, 3.63) is 40.0 Å². The van der Waals surface area contributed by atoms with Crippen LogP contribution in [0, 0.1) is 6.92 Å². The second kappa shape index (κ2) is 7.37. The molecule has 0 fully saturated rings. The molecule has 1 aromatic carbocycles. The SMILES string of the molecule is CCOCCc1nn(-c2cccc(Cl)c2C)c2c1CCCCN2. The van der Waals surface area contributed by atoms with Gasteiger partial charge >= 0.3 is 0 Å². The van der Waals surface area contributed by atoms with Gasteiger partial charge in [0.25, 0.3) is 0 Å². The average molecular weight is 334 g/mol. The van der Waals surface area contributed by atoms with Gasteiger partial charge in [-0.3, -0.25) is 0 Å². The molecule has 2 heterocycles. The quantitative estimate of drug-likeness (QED) is 0.835. The predicted molar refractivity (Wildman–Crippen MR) is 94.9 cm³/mol. The molecule has 0 atom stereocenters. The van der Waals surface area contributed by atoms with Gasteiger partial charge in [-0.15, -0.1) is 0 Å². The van der Waals surface area contributed by atoms with Crippen molar-refractivity contribution in [3.63, 3.8) is 0 Å². The van der Waals surface area contributed by atoms with Gasteiger partial charge in [0.05, 0.1) is 18.0 Å². The largest absolute Gasteiger partial charge is 0.381 e. The van der Waals surface area contributed by atoms with E-state index in [0.29, 0.717) is 6.61 Å². The first-order chi connectivity index (χ1) is 11.2. The lowest BCUT2D eigenvalue weighted by atomic mass is 10.1. The number of halogens is 1. The predicted octanol–water partition coefficient (Wildman–Crippen LogP) is 4.16. The molecule has 0 aliphatic carbocycles. The molecular weight excluding hydrogens is 310 g/mol. The zero-order valence-electron chi connectivity index (χ0n) is 13.9. The lowest BCUT2D eigenvalue weighted by Crippen LogP contribution is -2.08. The fourth-order valence-corrected chi connectivity index (χ4v) is 3.26. The Labute approximate surface area is 142 Å². The Hall–Kier alpha value is -1.52. The molecule has 4 nitrogen and oxygen atoms in total. The molecule has 1 aliphatic heterocycles. The summed E-state index contributed by atoms with van der Waals surface area (Å²) >= 11 is 6.31. The molecule has 1 N–H and O–H groups in total. The normalized spacial score (nSPS) is 14.2. The first-order valence-electron chi connectivity index (χ1n) is 8.40. The Morgan fingerprint density at radius 1 is 1.35 bits per heavy atom. The fraction of sp³-hybridized carbons (Fsp3) is 0.500. The van der Waals surface area contributed by atoms with E-state index in [1.165, 1.54) is 18.4 Å². The molecule has 0 bridgehead atoms. The summed E-state index contributed by atoms with van der Waals surface area (Å²) < 4.78 is 7.56. The number of fused-ring (bicyclic) bond motifs is 1. The van der Waals surface area contributed by atoms with Crippen LogP contribution in [0.15, 0.2) is 18.2 Å². The third-order valence-electron chi connectivity index (χ3n) is 4.37. The Morgan fingerprint density at radius 3 is 3.04 bits per heavy atom. The molecule has 124 valence electrons. The van der Waals surface area contributed by atoms with E-state index in [9.17, 15) is 0 Å². The molecular formula is C18H24ClN3O. The van der Waals surface area contributed by atoms with Crippen LogP contribution in [0.25, 0.3) is 5.69 Å². The van der Waals surface area contributed by atoms with E-state index in [-0.39, 0.29) is 0 Å². The number of benzene rings is 1. The van der Waals surface area contributed by atoms with Crippen LogP contribution in [0.5, 0.6) is 0 Å². The molecule has 0 saturated carbocycles. The van der Waals surface area contributed by atoms with E-state index in [1.807, 2.05) is 30.7 Å². The first-order valence-corrected chi connectivity index (χ1v) is 8.78. The highest BCUT2D eigenvalue weighted by atomic mass is 35.5. The Morgan fingerprint density at radius 2 is 2.22 bits per heavy atom. The van der Waals surface area contributed by atoms with E-state index >= 15 is 0 Å². The second-order valence-corrected chi connectivity index (χ2v) is 6.31. The van der Waals surface area contributed by atoms with Crippen LogP contribution in [-0.4, -0.2) is 29.5 Å². The van der Waals surface area contributed by atoms with Gasteiger partial charge in [-0.2, -0.15) is 5.10 Å². The number of hydrogen-bond acceptors (Lipinski definition) is 3. The van der Waals surface area contributed by atoms with Gasteiger partial charge in [-0.1, -0.05) is 17.7 Å². The van der Waals surface area contributed by atoms with E-state index in [1.54, 1.807) is 0 Å². The molecule has 0 spiro atoms. The number of aromatic nitrogens is 2. The number of nitrogens with one attached hydrogen (secondary N) is 1. The summed E-state index contributed by atoms with van der Waals surface area (Å²) in [5.74, 6) is 1.12. The van der Waals surface area contributed by atoms with Crippen molar-refractivity contribution in [1.82, 2.24) is 9.78 Å². The third kappa shape index (κ3) is 3.38. The minimum absolute atomic E-state index is 0.717. The topological polar surface area (TPSA) is 39.1 Å². The molecule has 5 heteroatoms. The zero-order valence-corrected chi connectivity index (χ0v) is 14.6. The van der Waals surface area contributed by atoms with Crippen molar-refractivity contribution in [2.24, 2.45) is 0 Å². The molecule has 0 radical (unpaired) electrons. The van der Waals surface area contributed by atoms with Gasteiger partial charge in [0.1, 0.15) is 5.82 Å². The van der Waals surface area contributed by atoms with Crippen molar-refractivity contribution < 1.29 is 4.74 Å². The van der Waals surface area contributed by atoms with Crippen molar-refractivity contribution >= 4 is 17.4 Å². The summed E-state index contributed by atoms with van der Waals surface area (Å²) in [6, 6.07) is 5.98. The first kappa shape index (κ1) is 16.3. The van der Waals surface area contributed by atoms with E-state index in [4.69, 9.17) is 21.4 Å². The molecule has 0 unspecified atom stereocenters. The second-order valence-electron chi connectivity index (χ2n) is 5.90. The van der Waals surface area contributed by atoms with Gasteiger partial charge in [0.15, 0.2) is 0 Å². The van der Waals surface area contributed by atoms with Gasteiger partial charge in [-0.05, 0) is 50.8 Å². The highest BCUT2D eigenvalue weighted by Crippen LogP contribution is 2.31. The lowest BCUT2D eigenvalue weighted by molar-refractivity contribution is 0.150. The van der Waals surface area contributed by atoms with Gasteiger partial charge < -0.3 is 10.1 Å².